The Morgan fingerprint density at radius 2 is 1.33 bits per heavy atom. The number of benzene rings is 3. The van der Waals surface area contributed by atoms with Crippen molar-refractivity contribution in [1.82, 2.24) is 4.90 Å². The third-order valence-electron chi connectivity index (χ3n) is 7.83. The molecule has 0 fully saturated rings. The number of imide groups is 1. The monoisotopic (exact) mass is 528 g/mol. The highest BCUT2D eigenvalue weighted by Crippen LogP contribution is 2.58. The first-order valence-electron chi connectivity index (χ1n) is 13.2. The molecule has 0 unspecified atom stereocenters. The number of hydrogen-bond donors (Lipinski definition) is 2. The Bertz CT molecular complexity index is 1430. The second kappa shape index (κ2) is 9.65. The summed E-state index contributed by atoms with van der Waals surface area (Å²) in [4.78, 5) is 44.2. The minimum absolute atomic E-state index is 0.00126. The molecule has 3 aromatic carbocycles. The van der Waals surface area contributed by atoms with Gasteiger partial charge in [0.05, 0.1) is 5.56 Å². The third kappa shape index (κ3) is 3.71. The molecule has 1 spiro atoms. The molecule has 9 heteroatoms. The molecule has 0 saturated carbocycles. The smallest absolute Gasteiger partial charge is 0.335 e. The number of anilines is 2. The van der Waals surface area contributed by atoms with Gasteiger partial charge in [-0.2, -0.15) is 0 Å². The van der Waals surface area contributed by atoms with E-state index >= 15 is 0 Å². The molecule has 9 nitrogen and oxygen atoms in total. The van der Waals surface area contributed by atoms with E-state index in [0.29, 0.717) is 28.2 Å². The number of nitrogens with two attached hydrogens (primary N) is 1. The van der Waals surface area contributed by atoms with Gasteiger partial charge in [-0.1, -0.05) is 12.1 Å². The molecule has 0 radical (unpaired) electrons. The zero-order valence-electron chi connectivity index (χ0n) is 22.5. The quantitative estimate of drug-likeness (QED) is 0.443. The van der Waals surface area contributed by atoms with E-state index in [2.05, 4.69) is 37.5 Å². The van der Waals surface area contributed by atoms with Crippen LogP contribution in [0, 0.1) is 0 Å². The SMILES string of the molecule is CCN(CC)c1ccc2c(c1)Oc1cc(N(CC)CC)ccc1C21c2cc(C(=O)O)ccc2C(=O)N1C(N)=O. The molecule has 5 rings (SSSR count). The summed E-state index contributed by atoms with van der Waals surface area (Å²) < 4.78 is 6.52. The van der Waals surface area contributed by atoms with Crippen LogP contribution in [0.4, 0.5) is 16.2 Å². The first-order chi connectivity index (χ1) is 18.7. The molecular formula is C30H32N4O5. The van der Waals surface area contributed by atoms with Crippen molar-refractivity contribution in [2.24, 2.45) is 5.73 Å². The topological polar surface area (TPSA) is 116 Å². The van der Waals surface area contributed by atoms with Gasteiger partial charge in [0.2, 0.25) is 0 Å². The van der Waals surface area contributed by atoms with Gasteiger partial charge >= 0.3 is 12.0 Å². The van der Waals surface area contributed by atoms with Crippen molar-refractivity contribution in [3.63, 3.8) is 0 Å². The number of amides is 3. The van der Waals surface area contributed by atoms with Crippen molar-refractivity contribution in [3.8, 4) is 11.5 Å². The maximum atomic E-state index is 13.8. The fourth-order valence-corrected chi connectivity index (χ4v) is 5.98. The van der Waals surface area contributed by atoms with Crippen LogP contribution in [-0.2, 0) is 5.54 Å². The van der Waals surface area contributed by atoms with E-state index in [1.165, 1.54) is 18.2 Å². The molecule has 3 N–H and O–H groups in total. The van der Waals surface area contributed by atoms with Gasteiger partial charge in [0.25, 0.3) is 5.91 Å². The van der Waals surface area contributed by atoms with Gasteiger partial charge in [-0.3, -0.25) is 4.79 Å². The van der Waals surface area contributed by atoms with Gasteiger partial charge in [0, 0.05) is 71.9 Å². The number of carbonyl (C=O) groups is 3. The van der Waals surface area contributed by atoms with Gasteiger partial charge in [0.15, 0.2) is 0 Å². The van der Waals surface area contributed by atoms with Crippen LogP contribution in [-0.4, -0.2) is 54.1 Å². The Labute approximate surface area is 227 Å². The van der Waals surface area contributed by atoms with Gasteiger partial charge in [-0.05, 0) is 58.0 Å². The molecule has 39 heavy (non-hydrogen) atoms. The lowest BCUT2D eigenvalue weighted by atomic mass is 9.74. The lowest BCUT2D eigenvalue weighted by Crippen LogP contribution is -2.52. The lowest BCUT2D eigenvalue weighted by Gasteiger charge is -2.43. The van der Waals surface area contributed by atoms with E-state index in [0.717, 1.165) is 42.5 Å². The predicted molar refractivity (Wildman–Crippen MR) is 149 cm³/mol. The number of rotatable bonds is 7. The van der Waals surface area contributed by atoms with Crippen molar-refractivity contribution in [1.29, 1.82) is 0 Å². The summed E-state index contributed by atoms with van der Waals surface area (Å²) >= 11 is 0. The molecule has 3 amide bonds. The highest BCUT2D eigenvalue weighted by molar-refractivity contribution is 6.11. The van der Waals surface area contributed by atoms with Gasteiger partial charge in [-0.25, -0.2) is 14.5 Å². The van der Waals surface area contributed by atoms with E-state index in [1.54, 1.807) is 0 Å². The Morgan fingerprint density at radius 1 is 0.821 bits per heavy atom. The van der Waals surface area contributed by atoms with Crippen LogP contribution in [0.2, 0.25) is 0 Å². The number of aromatic carboxylic acids is 1. The average molecular weight is 529 g/mol. The Balaban J connectivity index is 1.89. The Hall–Kier alpha value is -4.53. The zero-order chi connectivity index (χ0) is 28.1. The number of ether oxygens (including phenoxy) is 1. The van der Waals surface area contributed by atoms with Crippen LogP contribution in [0.25, 0.3) is 0 Å². The number of carboxylic acid groups (broad SMARTS) is 1. The number of nitrogens with zero attached hydrogens (tertiary/aromatic N) is 3. The summed E-state index contributed by atoms with van der Waals surface area (Å²) in [5.74, 6) is -0.791. The maximum Gasteiger partial charge on any atom is 0.335 e. The number of urea groups is 1. The fourth-order valence-electron chi connectivity index (χ4n) is 5.98. The minimum atomic E-state index is -1.50. The van der Waals surface area contributed by atoms with Crippen molar-refractivity contribution in [2.45, 2.75) is 33.2 Å². The van der Waals surface area contributed by atoms with Crippen molar-refractivity contribution >= 4 is 29.3 Å². The molecule has 0 bridgehead atoms. The summed E-state index contributed by atoms with van der Waals surface area (Å²) in [5, 5.41) is 9.81. The Morgan fingerprint density at radius 3 is 1.77 bits per heavy atom. The molecule has 0 aliphatic carbocycles. The van der Waals surface area contributed by atoms with Crippen LogP contribution in [0.1, 0.15) is 65.1 Å². The molecular weight excluding hydrogens is 496 g/mol. The largest absolute Gasteiger partial charge is 0.478 e. The fraction of sp³-hybridized carbons (Fsp3) is 0.300. The second-order valence-electron chi connectivity index (χ2n) is 9.56. The minimum Gasteiger partial charge on any atom is -0.478 e. The van der Waals surface area contributed by atoms with Crippen molar-refractivity contribution in [2.75, 3.05) is 36.0 Å². The predicted octanol–water partition coefficient (Wildman–Crippen LogP) is 5.01. The number of primary amides is 1. The molecule has 2 aliphatic rings. The standard InChI is InChI=1S/C30H32N4O5/c1-5-32(6-2)19-10-13-22-25(16-19)39-26-17-20(33(7-3)8-4)11-14-23(26)30(22)24-15-18(28(36)37)9-12-21(24)27(35)34(30)29(31)38/h9-17H,5-8H2,1-4H3,(H2,31,38)(H,36,37). The molecule has 2 heterocycles. The molecule has 0 saturated heterocycles. The van der Waals surface area contributed by atoms with Gasteiger partial charge < -0.3 is 25.4 Å². The van der Waals surface area contributed by atoms with E-state index in [-0.39, 0.29) is 11.1 Å². The number of fused-ring (bicyclic) bond motifs is 6. The summed E-state index contributed by atoms with van der Waals surface area (Å²) in [5.41, 5.74) is 7.94. The first kappa shape index (κ1) is 26.1. The maximum absolute atomic E-state index is 13.8. The van der Waals surface area contributed by atoms with E-state index < -0.39 is 23.4 Å². The highest BCUT2D eigenvalue weighted by Gasteiger charge is 2.58. The van der Waals surface area contributed by atoms with Gasteiger partial charge in [0.1, 0.15) is 17.0 Å². The number of carboxylic acids is 1. The molecule has 202 valence electrons. The van der Waals surface area contributed by atoms with Gasteiger partial charge in [-0.15, -0.1) is 0 Å². The third-order valence-corrected chi connectivity index (χ3v) is 7.83. The Kier molecular flexibility index (Phi) is 6.46. The van der Waals surface area contributed by atoms with Crippen LogP contribution < -0.4 is 20.3 Å². The lowest BCUT2D eigenvalue weighted by molar-refractivity contribution is 0.0695. The van der Waals surface area contributed by atoms with E-state index in [4.69, 9.17) is 10.5 Å². The van der Waals surface area contributed by atoms with E-state index in [1.807, 2.05) is 36.4 Å². The molecule has 0 atom stereocenters. The summed E-state index contributed by atoms with van der Waals surface area (Å²) in [7, 11) is 0. The van der Waals surface area contributed by atoms with Crippen molar-refractivity contribution < 1.29 is 24.2 Å². The van der Waals surface area contributed by atoms with Crippen LogP contribution >= 0.6 is 0 Å². The van der Waals surface area contributed by atoms with Crippen LogP contribution in [0.15, 0.2) is 54.6 Å². The van der Waals surface area contributed by atoms with E-state index in [9.17, 15) is 19.5 Å². The summed E-state index contributed by atoms with van der Waals surface area (Å²) in [6, 6.07) is 14.7. The normalized spacial score (nSPS) is 14.4. The highest BCUT2D eigenvalue weighted by atomic mass is 16.5. The second-order valence-corrected chi connectivity index (χ2v) is 9.56. The number of hydrogen-bond acceptors (Lipinski definition) is 6. The molecule has 2 aliphatic heterocycles. The zero-order valence-corrected chi connectivity index (χ0v) is 22.5. The summed E-state index contributed by atoms with van der Waals surface area (Å²) in [6.07, 6.45) is 0. The molecule has 3 aromatic rings. The van der Waals surface area contributed by atoms with Crippen molar-refractivity contribution in [3.05, 3.63) is 82.4 Å². The first-order valence-corrected chi connectivity index (χ1v) is 13.2. The van der Waals surface area contributed by atoms with Crippen LogP contribution in [0.5, 0.6) is 11.5 Å². The van der Waals surface area contributed by atoms with Crippen LogP contribution in [0.3, 0.4) is 0 Å². The average Bonchev–Trinajstić information content (AvgIpc) is 3.18. The number of carbonyl (C=O) groups excluding carboxylic acids is 2. The summed E-state index contributed by atoms with van der Waals surface area (Å²) in [6.45, 7) is 11.4. The molecule has 0 aromatic heterocycles.